The van der Waals surface area contributed by atoms with Gasteiger partial charge < -0.3 is 5.32 Å². The predicted molar refractivity (Wildman–Crippen MR) is 130 cm³/mol. The summed E-state index contributed by atoms with van der Waals surface area (Å²) in [7, 11) is 0. The van der Waals surface area contributed by atoms with Crippen molar-refractivity contribution in [2.24, 2.45) is 9.98 Å². The Balaban J connectivity index is 1.89. The third kappa shape index (κ3) is 5.91. The quantitative estimate of drug-likeness (QED) is 0.465. The van der Waals surface area contributed by atoms with E-state index in [0.717, 1.165) is 48.7 Å². The molecule has 1 heterocycles. The van der Waals surface area contributed by atoms with Crippen LogP contribution in [-0.2, 0) is 12.8 Å². The maximum Gasteiger partial charge on any atom is 0.134 e. The average molecular weight is 402 g/mol. The van der Waals surface area contributed by atoms with Crippen LogP contribution >= 0.6 is 0 Å². The first-order valence-electron chi connectivity index (χ1n) is 11.5. The molecular formula is C27H35N3. The molecule has 1 N–H and O–H groups in total. The lowest BCUT2D eigenvalue weighted by atomic mass is 10.0. The Morgan fingerprint density at radius 1 is 0.767 bits per heavy atom. The van der Waals surface area contributed by atoms with Crippen LogP contribution in [-0.4, -0.2) is 11.7 Å². The van der Waals surface area contributed by atoms with E-state index in [-0.39, 0.29) is 0 Å². The van der Waals surface area contributed by atoms with Crippen LogP contribution in [0.25, 0.3) is 0 Å². The summed E-state index contributed by atoms with van der Waals surface area (Å²) in [6.45, 7) is 6.65. The molecule has 0 bridgehead atoms. The van der Waals surface area contributed by atoms with E-state index in [1.165, 1.54) is 42.4 Å². The minimum atomic E-state index is 0.821. The molecule has 0 unspecified atom stereocenters. The molecule has 2 aromatic rings. The molecule has 3 nitrogen and oxygen atoms in total. The van der Waals surface area contributed by atoms with Crippen molar-refractivity contribution in [2.75, 3.05) is 0 Å². The highest BCUT2D eigenvalue weighted by Crippen LogP contribution is 2.25. The molecule has 1 aliphatic rings. The SMILES string of the molecule is CCCCc1ccccc1N=C1CC=C(CC)C(=Nc2ccccc2CCCC)N1. The molecule has 1 aliphatic heterocycles. The van der Waals surface area contributed by atoms with Gasteiger partial charge in [-0.1, -0.05) is 76.1 Å². The minimum absolute atomic E-state index is 0.821. The summed E-state index contributed by atoms with van der Waals surface area (Å²) in [6.07, 6.45) is 11.0. The van der Waals surface area contributed by atoms with Gasteiger partial charge in [-0.05, 0) is 60.9 Å². The summed E-state index contributed by atoms with van der Waals surface area (Å²) >= 11 is 0. The molecule has 158 valence electrons. The van der Waals surface area contributed by atoms with Gasteiger partial charge in [0, 0.05) is 6.42 Å². The molecule has 0 atom stereocenters. The van der Waals surface area contributed by atoms with Crippen LogP contribution in [0.15, 0.2) is 70.2 Å². The third-order valence-corrected chi connectivity index (χ3v) is 5.56. The first-order valence-corrected chi connectivity index (χ1v) is 11.5. The number of unbranched alkanes of at least 4 members (excludes halogenated alkanes) is 2. The van der Waals surface area contributed by atoms with Crippen molar-refractivity contribution >= 4 is 23.0 Å². The maximum absolute atomic E-state index is 5.04. The van der Waals surface area contributed by atoms with Crippen molar-refractivity contribution in [3.05, 3.63) is 71.3 Å². The molecule has 3 heteroatoms. The highest BCUT2D eigenvalue weighted by Gasteiger charge is 2.16. The second-order valence-corrected chi connectivity index (χ2v) is 7.90. The number of amidine groups is 2. The Labute approximate surface area is 182 Å². The van der Waals surface area contributed by atoms with E-state index in [1.54, 1.807) is 0 Å². The average Bonchev–Trinajstić information content (AvgIpc) is 2.78. The van der Waals surface area contributed by atoms with Gasteiger partial charge in [-0.15, -0.1) is 0 Å². The Bertz CT molecular complexity index is 921. The van der Waals surface area contributed by atoms with Crippen LogP contribution in [0.3, 0.4) is 0 Å². The van der Waals surface area contributed by atoms with Crippen LogP contribution in [0.2, 0.25) is 0 Å². The van der Waals surface area contributed by atoms with Gasteiger partial charge in [0.25, 0.3) is 0 Å². The van der Waals surface area contributed by atoms with Gasteiger partial charge in [-0.3, -0.25) is 0 Å². The Kier molecular flexibility index (Phi) is 8.43. The van der Waals surface area contributed by atoms with Gasteiger partial charge in [0.1, 0.15) is 11.7 Å². The molecule has 0 saturated heterocycles. The molecular weight excluding hydrogens is 366 g/mol. The predicted octanol–water partition coefficient (Wildman–Crippen LogP) is 7.46. The fraction of sp³-hybridized carbons (Fsp3) is 0.407. The summed E-state index contributed by atoms with van der Waals surface area (Å²) in [4.78, 5) is 10.0. The second-order valence-electron chi connectivity index (χ2n) is 7.90. The Morgan fingerprint density at radius 2 is 1.33 bits per heavy atom. The van der Waals surface area contributed by atoms with Crippen LogP contribution in [0.1, 0.15) is 70.4 Å². The summed E-state index contributed by atoms with van der Waals surface area (Å²) in [5.74, 6) is 1.92. The van der Waals surface area contributed by atoms with Gasteiger partial charge in [0.15, 0.2) is 0 Å². The van der Waals surface area contributed by atoms with Crippen molar-refractivity contribution in [2.45, 2.75) is 72.1 Å². The number of aliphatic imine (C=N–C) groups is 2. The van der Waals surface area contributed by atoms with Crippen molar-refractivity contribution in [1.29, 1.82) is 0 Å². The number of nitrogens with zero attached hydrogens (tertiary/aromatic N) is 2. The summed E-state index contributed by atoms with van der Waals surface area (Å²) in [6, 6.07) is 17.0. The van der Waals surface area contributed by atoms with Crippen molar-refractivity contribution in [1.82, 2.24) is 5.32 Å². The number of aryl methyl sites for hydroxylation is 2. The summed E-state index contributed by atoms with van der Waals surface area (Å²) in [5.41, 5.74) is 6.04. The highest BCUT2D eigenvalue weighted by molar-refractivity contribution is 6.13. The van der Waals surface area contributed by atoms with Crippen LogP contribution in [0, 0.1) is 0 Å². The van der Waals surface area contributed by atoms with Gasteiger partial charge in [-0.25, -0.2) is 9.98 Å². The van der Waals surface area contributed by atoms with E-state index in [2.05, 4.69) is 80.7 Å². The van der Waals surface area contributed by atoms with E-state index in [4.69, 9.17) is 9.98 Å². The van der Waals surface area contributed by atoms with E-state index in [1.807, 2.05) is 0 Å². The smallest absolute Gasteiger partial charge is 0.134 e. The lowest BCUT2D eigenvalue weighted by Crippen LogP contribution is -2.34. The van der Waals surface area contributed by atoms with Gasteiger partial charge >= 0.3 is 0 Å². The molecule has 0 aromatic heterocycles. The first kappa shape index (κ1) is 22.0. The van der Waals surface area contributed by atoms with Gasteiger partial charge in [0.05, 0.1) is 11.4 Å². The molecule has 0 aliphatic carbocycles. The molecule has 0 saturated carbocycles. The van der Waals surface area contributed by atoms with Crippen LogP contribution in [0.4, 0.5) is 11.4 Å². The van der Waals surface area contributed by atoms with Crippen molar-refractivity contribution in [3.63, 3.8) is 0 Å². The number of rotatable bonds is 9. The lowest BCUT2D eigenvalue weighted by molar-refractivity contribution is 0.795. The first-order chi connectivity index (χ1) is 14.7. The monoisotopic (exact) mass is 401 g/mol. The molecule has 0 radical (unpaired) electrons. The van der Waals surface area contributed by atoms with Gasteiger partial charge in [0.2, 0.25) is 0 Å². The largest absolute Gasteiger partial charge is 0.328 e. The van der Waals surface area contributed by atoms with E-state index in [9.17, 15) is 0 Å². The van der Waals surface area contributed by atoms with E-state index >= 15 is 0 Å². The van der Waals surface area contributed by atoms with Crippen LogP contribution < -0.4 is 5.32 Å². The molecule has 30 heavy (non-hydrogen) atoms. The Morgan fingerprint density at radius 3 is 1.90 bits per heavy atom. The highest BCUT2D eigenvalue weighted by atomic mass is 15.1. The summed E-state index contributed by atoms with van der Waals surface area (Å²) in [5, 5.41) is 3.55. The number of hydrogen-bond donors (Lipinski definition) is 1. The van der Waals surface area contributed by atoms with Crippen molar-refractivity contribution in [3.8, 4) is 0 Å². The zero-order valence-electron chi connectivity index (χ0n) is 18.7. The second kappa shape index (κ2) is 11.5. The topological polar surface area (TPSA) is 36.8 Å². The number of benzene rings is 2. The van der Waals surface area contributed by atoms with E-state index < -0.39 is 0 Å². The molecule has 2 aromatic carbocycles. The third-order valence-electron chi connectivity index (χ3n) is 5.56. The number of para-hydroxylation sites is 2. The molecule has 0 spiro atoms. The maximum atomic E-state index is 5.04. The Hall–Kier alpha value is -2.68. The number of nitrogens with one attached hydrogen (secondary N) is 1. The minimum Gasteiger partial charge on any atom is -0.328 e. The normalized spacial score (nSPS) is 16.6. The molecule has 3 rings (SSSR count). The lowest BCUT2D eigenvalue weighted by Gasteiger charge is -2.20. The molecule has 0 amide bonds. The fourth-order valence-electron chi connectivity index (χ4n) is 3.73. The fourth-order valence-corrected chi connectivity index (χ4v) is 3.73. The van der Waals surface area contributed by atoms with E-state index in [0.29, 0.717) is 0 Å². The standard InChI is InChI=1S/C27H35N3/c1-4-7-13-22-15-9-11-17-24(22)28-26-20-19-21(6-3)27(30-26)29-25-18-12-10-16-23(25)14-8-5-2/h9-12,15-19H,4-8,13-14,20H2,1-3H3,(H,28,29,30). The summed E-state index contributed by atoms with van der Waals surface area (Å²) < 4.78 is 0. The zero-order chi connectivity index (χ0) is 21.2. The molecule has 0 fully saturated rings. The van der Waals surface area contributed by atoms with Crippen LogP contribution in [0.5, 0.6) is 0 Å². The van der Waals surface area contributed by atoms with Gasteiger partial charge in [-0.2, -0.15) is 0 Å². The number of hydrogen-bond acceptors (Lipinski definition) is 2. The zero-order valence-corrected chi connectivity index (χ0v) is 18.7. The van der Waals surface area contributed by atoms with Crippen molar-refractivity contribution < 1.29 is 0 Å².